The Balaban J connectivity index is 2.56. The van der Waals surface area contributed by atoms with Gasteiger partial charge in [-0.15, -0.1) is 0 Å². The molecule has 0 aliphatic heterocycles. The molecule has 0 radical (unpaired) electrons. The van der Waals surface area contributed by atoms with E-state index in [0.717, 1.165) is 19.2 Å². The van der Waals surface area contributed by atoms with Gasteiger partial charge in [0, 0.05) is 5.56 Å². The van der Waals surface area contributed by atoms with Crippen molar-refractivity contribution >= 4 is 12.3 Å². The quantitative estimate of drug-likeness (QED) is 0.642. The lowest BCUT2D eigenvalue weighted by atomic mass is 10.0. The normalized spacial score (nSPS) is 11.2. The average Bonchev–Trinajstić information content (AvgIpc) is 2.93. The highest BCUT2D eigenvalue weighted by Crippen LogP contribution is 2.35. The van der Waals surface area contributed by atoms with E-state index in [4.69, 9.17) is 4.42 Å². The van der Waals surface area contributed by atoms with Crippen LogP contribution >= 0.6 is 0 Å². The summed E-state index contributed by atoms with van der Waals surface area (Å²) in [7, 11) is 0.999. The van der Waals surface area contributed by atoms with Crippen LogP contribution in [0.3, 0.4) is 0 Å². The first kappa shape index (κ1) is 14.8. The molecule has 0 aliphatic carbocycles. The molecule has 0 saturated heterocycles. The minimum Gasteiger partial charge on any atom is -0.465 e. The van der Waals surface area contributed by atoms with Crippen LogP contribution in [-0.2, 0) is 10.9 Å². The van der Waals surface area contributed by atoms with E-state index < -0.39 is 23.3 Å². The summed E-state index contributed by atoms with van der Waals surface area (Å²) in [6.45, 7) is 0. The predicted octanol–water partition coefficient (Wildman–Crippen LogP) is 3.56. The number of benzene rings is 1. The summed E-state index contributed by atoms with van der Waals surface area (Å²) in [5.74, 6) is -0.989. The fraction of sp³-hybridized carbons (Fsp3) is 0.143. The molecule has 0 amide bonds. The number of aldehydes is 1. The lowest BCUT2D eigenvalue weighted by Gasteiger charge is -2.12. The highest BCUT2D eigenvalue weighted by atomic mass is 19.4. The van der Waals surface area contributed by atoms with E-state index >= 15 is 0 Å². The smallest absolute Gasteiger partial charge is 0.417 e. The minimum atomic E-state index is -4.72. The molecule has 0 saturated carbocycles. The number of hydrogen-bond acceptors (Lipinski definition) is 4. The maximum Gasteiger partial charge on any atom is 0.417 e. The van der Waals surface area contributed by atoms with Crippen LogP contribution in [0.4, 0.5) is 13.2 Å². The molecular formula is C14H9F3O4. The fourth-order valence-electron chi connectivity index (χ4n) is 1.79. The highest BCUT2D eigenvalue weighted by molar-refractivity contribution is 5.92. The first-order chi connectivity index (χ1) is 9.86. The van der Waals surface area contributed by atoms with Gasteiger partial charge in [-0.3, -0.25) is 4.79 Å². The molecule has 2 aromatic rings. The second-order valence-electron chi connectivity index (χ2n) is 4.07. The van der Waals surface area contributed by atoms with E-state index in [2.05, 4.69) is 4.74 Å². The molecule has 0 bridgehead atoms. The Morgan fingerprint density at radius 1 is 1.24 bits per heavy atom. The number of esters is 1. The van der Waals surface area contributed by atoms with Gasteiger partial charge in [0.05, 0.1) is 18.2 Å². The third-order valence-corrected chi connectivity index (χ3v) is 2.76. The third-order valence-electron chi connectivity index (χ3n) is 2.76. The number of ether oxygens (including phenoxy) is 1. The highest BCUT2D eigenvalue weighted by Gasteiger charge is 2.36. The molecule has 0 N–H and O–H groups in total. The molecule has 7 heteroatoms. The van der Waals surface area contributed by atoms with Gasteiger partial charge in [0.25, 0.3) is 0 Å². The molecule has 1 aromatic heterocycles. The molecule has 0 aliphatic rings. The van der Waals surface area contributed by atoms with Crippen molar-refractivity contribution in [1.29, 1.82) is 0 Å². The standard InChI is InChI=1S/C14H9F3O4/c1-20-13(19)10-4-2-8(6-11(10)14(15,16)17)12-5-3-9(7-18)21-12/h2-7H,1H3. The number of carbonyl (C=O) groups excluding carboxylic acids is 2. The van der Waals surface area contributed by atoms with Crippen molar-refractivity contribution in [1.82, 2.24) is 0 Å². The Kier molecular flexibility index (Phi) is 3.84. The Labute approximate surface area is 117 Å². The van der Waals surface area contributed by atoms with Gasteiger partial charge in [-0.2, -0.15) is 13.2 Å². The Morgan fingerprint density at radius 2 is 1.95 bits per heavy atom. The molecule has 0 spiro atoms. The first-order valence-electron chi connectivity index (χ1n) is 5.71. The van der Waals surface area contributed by atoms with Gasteiger partial charge in [-0.25, -0.2) is 4.79 Å². The molecular weight excluding hydrogens is 289 g/mol. The number of furan rings is 1. The van der Waals surface area contributed by atoms with E-state index in [1.54, 1.807) is 0 Å². The minimum absolute atomic E-state index is 0.00407. The van der Waals surface area contributed by atoms with Gasteiger partial charge >= 0.3 is 12.1 Å². The molecule has 1 heterocycles. The van der Waals surface area contributed by atoms with Crippen LogP contribution in [-0.4, -0.2) is 19.4 Å². The summed E-state index contributed by atoms with van der Waals surface area (Å²) < 4.78 is 48.4. The van der Waals surface area contributed by atoms with Crippen LogP contribution in [0.2, 0.25) is 0 Å². The van der Waals surface area contributed by atoms with Crippen molar-refractivity contribution in [2.75, 3.05) is 7.11 Å². The molecule has 4 nitrogen and oxygen atoms in total. The van der Waals surface area contributed by atoms with Gasteiger partial charge in [0.1, 0.15) is 5.76 Å². The van der Waals surface area contributed by atoms with E-state index in [1.807, 2.05) is 0 Å². The van der Waals surface area contributed by atoms with Crippen LogP contribution in [0.25, 0.3) is 11.3 Å². The van der Waals surface area contributed by atoms with E-state index in [1.165, 1.54) is 18.2 Å². The third kappa shape index (κ3) is 2.96. The average molecular weight is 298 g/mol. The zero-order chi connectivity index (χ0) is 15.6. The van der Waals surface area contributed by atoms with Gasteiger partial charge in [-0.1, -0.05) is 6.07 Å². The second-order valence-corrected chi connectivity index (χ2v) is 4.07. The predicted molar refractivity (Wildman–Crippen MR) is 65.9 cm³/mol. The topological polar surface area (TPSA) is 56.5 Å². The van der Waals surface area contributed by atoms with Crippen molar-refractivity contribution < 1.29 is 31.9 Å². The van der Waals surface area contributed by atoms with Crippen molar-refractivity contribution in [3.8, 4) is 11.3 Å². The summed E-state index contributed by atoms with van der Waals surface area (Å²) in [5, 5.41) is 0. The number of alkyl halides is 3. The lowest BCUT2D eigenvalue weighted by Crippen LogP contribution is -2.14. The Hall–Kier alpha value is -2.57. The summed E-state index contributed by atoms with van der Waals surface area (Å²) >= 11 is 0. The molecule has 21 heavy (non-hydrogen) atoms. The van der Waals surface area contributed by atoms with Gasteiger partial charge in [0.15, 0.2) is 12.0 Å². The zero-order valence-electron chi connectivity index (χ0n) is 10.7. The largest absolute Gasteiger partial charge is 0.465 e. The van der Waals surface area contributed by atoms with E-state index in [9.17, 15) is 22.8 Å². The molecule has 2 rings (SSSR count). The Morgan fingerprint density at radius 3 is 2.48 bits per heavy atom. The second kappa shape index (κ2) is 5.43. The number of methoxy groups -OCH3 is 1. The van der Waals surface area contributed by atoms with Gasteiger partial charge < -0.3 is 9.15 Å². The van der Waals surface area contributed by atoms with Crippen LogP contribution in [0, 0.1) is 0 Å². The maximum atomic E-state index is 13.0. The monoisotopic (exact) mass is 298 g/mol. The summed E-state index contributed by atoms with van der Waals surface area (Å²) in [4.78, 5) is 21.9. The summed E-state index contributed by atoms with van der Waals surface area (Å²) in [5.41, 5.74) is -1.62. The summed E-state index contributed by atoms with van der Waals surface area (Å²) in [6, 6.07) is 5.78. The van der Waals surface area contributed by atoms with Crippen molar-refractivity contribution in [3.63, 3.8) is 0 Å². The van der Waals surface area contributed by atoms with Gasteiger partial charge in [0.2, 0.25) is 0 Å². The SMILES string of the molecule is COC(=O)c1ccc(-c2ccc(C=O)o2)cc1C(F)(F)F. The van der Waals surface area contributed by atoms with E-state index in [-0.39, 0.29) is 17.1 Å². The van der Waals surface area contributed by atoms with E-state index in [0.29, 0.717) is 6.29 Å². The van der Waals surface area contributed by atoms with Crippen LogP contribution in [0.5, 0.6) is 0 Å². The number of carbonyl (C=O) groups is 2. The lowest BCUT2D eigenvalue weighted by molar-refractivity contribution is -0.138. The first-order valence-corrected chi connectivity index (χ1v) is 5.71. The van der Waals surface area contributed by atoms with Crippen molar-refractivity contribution in [2.24, 2.45) is 0 Å². The fourth-order valence-corrected chi connectivity index (χ4v) is 1.79. The molecule has 0 atom stereocenters. The zero-order valence-corrected chi connectivity index (χ0v) is 10.7. The molecule has 0 unspecified atom stereocenters. The van der Waals surface area contributed by atoms with Crippen LogP contribution in [0.15, 0.2) is 34.7 Å². The van der Waals surface area contributed by atoms with Crippen LogP contribution < -0.4 is 0 Å². The molecule has 110 valence electrons. The number of hydrogen-bond donors (Lipinski definition) is 0. The Bertz CT molecular complexity index is 686. The van der Waals surface area contributed by atoms with Gasteiger partial charge in [-0.05, 0) is 24.3 Å². The van der Waals surface area contributed by atoms with Crippen LogP contribution in [0.1, 0.15) is 26.5 Å². The summed E-state index contributed by atoms with van der Waals surface area (Å²) in [6.07, 6.45) is -4.28. The number of halogens is 3. The maximum absolute atomic E-state index is 13.0. The number of rotatable bonds is 3. The van der Waals surface area contributed by atoms with Crippen molar-refractivity contribution in [2.45, 2.75) is 6.18 Å². The van der Waals surface area contributed by atoms with Crippen molar-refractivity contribution in [3.05, 3.63) is 47.2 Å². The molecule has 0 fully saturated rings. The molecule has 1 aromatic carbocycles.